The van der Waals surface area contributed by atoms with Crippen molar-refractivity contribution in [2.45, 2.75) is 6.04 Å². The van der Waals surface area contributed by atoms with Crippen molar-refractivity contribution >= 4 is 34.9 Å². The summed E-state index contributed by atoms with van der Waals surface area (Å²) in [5.41, 5.74) is 6.10. The van der Waals surface area contributed by atoms with E-state index in [0.717, 1.165) is 0 Å². The van der Waals surface area contributed by atoms with Crippen molar-refractivity contribution in [3.8, 4) is 0 Å². The van der Waals surface area contributed by atoms with Gasteiger partial charge in [0.15, 0.2) is 0 Å². The summed E-state index contributed by atoms with van der Waals surface area (Å²) in [6.45, 7) is 1.15. The van der Waals surface area contributed by atoms with Crippen LogP contribution >= 0.6 is 23.2 Å². The summed E-state index contributed by atoms with van der Waals surface area (Å²) in [7, 11) is 0. The van der Waals surface area contributed by atoms with Gasteiger partial charge in [-0.15, -0.1) is 0 Å². The van der Waals surface area contributed by atoms with Crippen LogP contribution < -0.4 is 11.1 Å². The highest BCUT2D eigenvalue weighted by atomic mass is 35.5. The van der Waals surface area contributed by atoms with Crippen molar-refractivity contribution in [3.63, 3.8) is 0 Å². The number of carbonyl (C=O) groups excluding carboxylic acids is 1. The zero-order valence-corrected chi connectivity index (χ0v) is 9.92. The molecule has 0 bridgehead atoms. The molecule has 0 atom stereocenters. The zero-order chi connectivity index (χ0) is 11.7. The van der Waals surface area contributed by atoms with E-state index in [4.69, 9.17) is 28.9 Å². The van der Waals surface area contributed by atoms with Gasteiger partial charge in [-0.2, -0.15) is 0 Å². The summed E-state index contributed by atoms with van der Waals surface area (Å²) in [5.74, 6) is 0. The predicted octanol–water partition coefficient (Wildman–Crippen LogP) is 2.17. The molecule has 0 radical (unpaired) electrons. The van der Waals surface area contributed by atoms with E-state index in [1.54, 1.807) is 23.1 Å². The summed E-state index contributed by atoms with van der Waals surface area (Å²) >= 11 is 11.7. The smallest absolute Gasteiger partial charge is 0.321 e. The summed E-state index contributed by atoms with van der Waals surface area (Å²) in [4.78, 5) is 13.3. The van der Waals surface area contributed by atoms with Gasteiger partial charge in [-0.3, -0.25) is 0 Å². The highest BCUT2D eigenvalue weighted by Gasteiger charge is 2.27. The van der Waals surface area contributed by atoms with E-state index in [1.165, 1.54) is 0 Å². The van der Waals surface area contributed by atoms with Crippen LogP contribution in [0.1, 0.15) is 0 Å². The first-order valence-electron chi connectivity index (χ1n) is 4.83. The number of anilines is 1. The fourth-order valence-electron chi connectivity index (χ4n) is 1.47. The molecular formula is C10H11Cl2N3O. The van der Waals surface area contributed by atoms with E-state index in [9.17, 15) is 4.79 Å². The summed E-state index contributed by atoms with van der Waals surface area (Å²) in [6.07, 6.45) is 0. The number of nitrogens with two attached hydrogens (primary N) is 1. The molecule has 4 nitrogen and oxygen atoms in total. The number of likely N-dealkylation sites (tertiary alicyclic amines) is 1. The molecule has 0 unspecified atom stereocenters. The quantitative estimate of drug-likeness (QED) is 0.812. The van der Waals surface area contributed by atoms with Gasteiger partial charge < -0.3 is 16.0 Å². The molecule has 1 heterocycles. The normalized spacial score (nSPS) is 15.8. The maximum absolute atomic E-state index is 11.7. The molecule has 0 aromatic heterocycles. The number of hydrogen-bond donors (Lipinski definition) is 2. The van der Waals surface area contributed by atoms with E-state index in [2.05, 4.69) is 5.32 Å². The molecule has 0 spiro atoms. The SMILES string of the molecule is NC1CN(C(=O)Nc2cc(Cl)ccc2Cl)C1. The molecule has 1 aromatic rings. The summed E-state index contributed by atoms with van der Waals surface area (Å²) in [6, 6.07) is 4.80. The van der Waals surface area contributed by atoms with Crippen molar-refractivity contribution < 1.29 is 4.79 Å². The highest BCUT2D eigenvalue weighted by molar-refractivity contribution is 6.35. The summed E-state index contributed by atoms with van der Waals surface area (Å²) in [5, 5.41) is 3.68. The van der Waals surface area contributed by atoms with Gasteiger partial charge in [0.2, 0.25) is 0 Å². The molecular weight excluding hydrogens is 249 g/mol. The standard InChI is InChI=1S/C10H11Cl2N3O/c11-6-1-2-8(12)9(3-6)14-10(16)15-4-7(13)5-15/h1-3,7H,4-5,13H2,(H,14,16). The van der Waals surface area contributed by atoms with Crippen LogP contribution in [0.15, 0.2) is 18.2 Å². The molecule has 3 N–H and O–H groups in total. The zero-order valence-electron chi connectivity index (χ0n) is 8.41. The van der Waals surface area contributed by atoms with E-state index < -0.39 is 0 Å². The molecule has 0 aliphatic carbocycles. The van der Waals surface area contributed by atoms with E-state index >= 15 is 0 Å². The Labute approximate surface area is 103 Å². The molecule has 1 aliphatic heterocycles. The van der Waals surface area contributed by atoms with Crippen molar-refractivity contribution in [1.82, 2.24) is 4.90 Å². The van der Waals surface area contributed by atoms with Gasteiger partial charge in [0.05, 0.1) is 10.7 Å². The molecule has 6 heteroatoms. The number of nitrogens with zero attached hydrogens (tertiary/aromatic N) is 1. The molecule has 1 aromatic carbocycles. The van der Waals surface area contributed by atoms with Crippen molar-refractivity contribution in [2.24, 2.45) is 5.73 Å². The average molecular weight is 260 g/mol. The maximum Gasteiger partial charge on any atom is 0.321 e. The third-order valence-electron chi connectivity index (χ3n) is 2.37. The number of halogens is 2. The first-order chi connectivity index (χ1) is 7.56. The van der Waals surface area contributed by atoms with Crippen LogP contribution in [-0.4, -0.2) is 30.1 Å². The van der Waals surface area contributed by atoms with Gasteiger partial charge in [0.25, 0.3) is 0 Å². The Balaban J connectivity index is 2.03. The highest BCUT2D eigenvalue weighted by Crippen LogP contribution is 2.26. The van der Waals surface area contributed by atoms with Crippen molar-refractivity contribution in [3.05, 3.63) is 28.2 Å². The maximum atomic E-state index is 11.7. The topological polar surface area (TPSA) is 58.4 Å². The summed E-state index contributed by atoms with van der Waals surface area (Å²) < 4.78 is 0. The first kappa shape index (κ1) is 11.5. The molecule has 16 heavy (non-hydrogen) atoms. The molecule has 1 fully saturated rings. The van der Waals surface area contributed by atoms with Crippen LogP contribution in [-0.2, 0) is 0 Å². The van der Waals surface area contributed by atoms with E-state index in [1.807, 2.05) is 0 Å². The van der Waals surface area contributed by atoms with Crippen LogP contribution in [0.5, 0.6) is 0 Å². The van der Waals surface area contributed by atoms with Crippen LogP contribution in [0, 0.1) is 0 Å². The van der Waals surface area contributed by atoms with E-state index in [-0.39, 0.29) is 12.1 Å². The third kappa shape index (κ3) is 2.40. The van der Waals surface area contributed by atoms with Gasteiger partial charge >= 0.3 is 6.03 Å². The second-order valence-electron chi connectivity index (χ2n) is 3.72. The first-order valence-corrected chi connectivity index (χ1v) is 5.58. The Kier molecular flexibility index (Phi) is 3.23. The fourth-order valence-corrected chi connectivity index (χ4v) is 1.80. The van der Waals surface area contributed by atoms with E-state index in [0.29, 0.717) is 28.8 Å². The number of urea groups is 1. The number of benzene rings is 1. The van der Waals surface area contributed by atoms with Gasteiger partial charge in [0, 0.05) is 24.2 Å². The number of rotatable bonds is 1. The minimum atomic E-state index is -0.203. The predicted molar refractivity (Wildman–Crippen MR) is 65.0 cm³/mol. The monoisotopic (exact) mass is 259 g/mol. The Morgan fingerprint density at radius 2 is 2.12 bits per heavy atom. The van der Waals surface area contributed by atoms with Crippen molar-refractivity contribution in [1.29, 1.82) is 0 Å². The largest absolute Gasteiger partial charge is 0.325 e. The minimum absolute atomic E-state index is 0.0839. The number of hydrogen-bond acceptors (Lipinski definition) is 2. The average Bonchev–Trinajstić information content (AvgIpc) is 2.19. The van der Waals surface area contributed by atoms with Gasteiger partial charge in [-0.25, -0.2) is 4.79 Å². The molecule has 1 saturated heterocycles. The molecule has 86 valence electrons. The second kappa shape index (κ2) is 4.49. The molecule has 0 saturated carbocycles. The Morgan fingerprint density at radius 1 is 1.44 bits per heavy atom. The molecule has 2 amide bonds. The number of carbonyl (C=O) groups is 1. The van der Waals surface area contributed by atoms with Crippen LogP contribution in [0.4, 0.5) is 10.5 Å². The lowest BCUT2D eigenvalue weighted by atomic mass is 10.1. The van der Waals surface area contributed by atoms with Gasteiger partial charge in [-0.05, 0) is 18.2 Å². The van der Waals surface area contributed by atoms with Crippen LogP contribution in [0.2, 0.25) is 10.0 Å². The Bertz CT molecular complexity index is 419. The lowest BCUT2D eigenvalue weighted by molar-refractivity contribution is 0.165. The Hall–Kier alpha value is -0.970. The fraction of sp³-hybridized carbons (Fsp3) is 0.300. The molecule has 2 rings (SSSR count). The van der Waals surface area contributed by atoms with Gasteiger partial charge in [0.1, 0.15) is 0 Å². The second-order valence-corrected chi connectivity index (χ2v) is 4.56. The molecule has 1 aliphatic rings. The lowest BCUT2D eigenvalue weighted by Gasteiger charge is -2.36. The third-order valence-corrected chi connectivity index (χ3v) is 2.93. The number of amides is 2. The van der Waals surface area contributed by atoms with Gasteiger partial charge in [-0.1, -0.05) is 23.2 Å². The van der Waals surface area contributed by atoms with Crippen LogP contribution in [0.3, 0.4) is 0 Å². The Morgan fingerprint density at radius 3 is 2.75 bits per heavy atom. The van der Waals surface area contributed by atoms with Crippen LogP contribution in [0.25, 0.3) is 0 Å². The lowest BCUT2D eigenvalue weighted by Crippen LogP contribution is -2.58. The van der Waals surface area contributed by atoms with Crippen molar-refractivity contribution in [2.75, 3.05) is 18.4 Å². The minimum Gasteiger partial charge on any atom is -0.325 e. The number of nitrogens with one attached hydrogen (secondary N) is 1.